The van der Waals surface area contributed by atoms with Gasteiger partial charge >= 0.3 is 5.97 Å². The molecule has 5 nitrogen and oxygen atoms in total. The van der Waals surface area contributed by atoms with Crippen LogP contribution in [0.2, 0.25) is 0 Å². The van der Waals surface area contributed by atoms with Crippen molar-refractivity contribution in [2.45, 2.75) is 32.0 Å². The quantitative estimate of drug-likeness (QED) is 0.893. The number of nitrogens with one attached hydrogen (secondary N) is 1. The predicted octanol–water partition coefficient (Wildman–Crippen LogP) is 1.95. The minimum Gasteiger partial charge on any atom is -0.481 e. The first-order valence-electron chi connectivity index (χ1n) is 6.92. The van der Waals surface area contributed by atoms with Gasteiger partial charge in [0, 0.05) is 5.69 Å². The molecule has 6 heteroatoms. The fourth-order valence-corrected chi connectivity index (χ4v) is 3.22. The number of benzene rings is 1. The maximum absolute atomic E-state index is 13.5. The van der Waals surface area contributed by atoms with Crippen LogP contribution in [0, 0.1) is 24.6 Å². The summed E-state index contributed by atoms with van der Waals surface area (Å²) < 4.78 is 19.0. The van der Waals surface area contributed by atoms with Gasteiger partial charge in [-0.25, -0.2) is 4.39 Å². The van der Waals surface area contributed by atoms with Crippen LogP contribution in [0.1, 0.15) is 18.4 Å². The van der Waals surface area contributed by atoms with Crippen molar-refractivity contribution in [2.75, 3.05) is 5.32 Å². The first kappa shape index (κ1) is 14.0. The number of hydrogen-bond acceptors (Lipinski definition) is 3. The lowest BCUT2D eigenvalue weighted by atomic mass is 9.78. The number of aliphatic carboxylic acids is 1. The maximum atomic E-state index is 13.5. The van der Waals surface area contributed by atoms with Crippen molar-refractivity contribution < 1.29 is 23.8 Å². The second kappa shape index (κ2) is 5.11. The summed E-state index contributed by atoms with van der Waals surface area (Å²) >= 11 is 0. The summed E-state index contributed by atoms with van der Waals surface area (Å²) in [5.74, 6) is -3.38. The van der Waals surface area contributed by atoms with Gasteiger partial charge in [0.05, 0.1) is 24.0 Å². The van der Waals surface area contributed by atoms with Gasteiger partial charge < -0.3 is 15.2 Å². The Bertz CT molecular complexity index is 603. The second-order valence-electron chi connectivity index (χ2n) is 5.63. The Hall–Kier alpha value is -1.95. The zero-order chi connectivity index (χ0) is 15.1. The smallest absolute Gasteiger partial charge is 0.310 e. The van der Waals surface area contributed by atoms with E-state index in [4.69, 9.17) is 4.74 Å². The normalized spacial score (nSPS) is 30.4. The molecule has 4 atom stereocenters. The van der Waals surface area contributed by atoms with Crippen molar-refractivity contribution in [2.24, 2.45) is 11.8 Å². The zero-order valence-electron chi connectivity index (χ0n) is 11.5. The van der Waals surface area contributed by atoms with Gasteiger partial charge in [-0.3, -0.25) is 9.59 Å². The number of carbonyl (C=O) groups excluding carboxylic acids is 1. The van der Waals surface area contributed by atoms with Crippen LogP contribution in [-0.4, -0.2) is 29.2 Å². The van der Waals surface area contributed by atoms with Gasteiger partial charge in [-0.1, -0.05) is 6.07 Å². The summed E-state index contributed by atoms with van der Waals surface area (Å²) in [6.45, 7) is 1.63. The molecule has 21 heavy (non-hydrogen) atoms. The number of carbonyl (C=O) groups is 2. The molecule has 1 amide bonds. The number of hydrogen-bond donors (Lipinski definition) is 2. The molecule has 2 fully saturated rings. The van der Waals surface area contributed by atoms with Crippen molar-refractivity contribution in [3.8, 4) is 0 Å². The molecule has 0 aromatic heterocycles. The molecule has 2 saturated heterocycles. The van der Waals surface area contributed by atoms with Gasteiger partial charge in [0.2, 0.25) is 5.91 Å². The Balaban J connectivity index is 1.78. The second-order valence-corrected chi connectivity index (χ2v) is 5.63. The Kier molecular flexibility index (Phi) is 3.41. The summed E-state index contributed by atoms with van der Waals surface area (Å²) in [6, 6.07) is 4.40. The van der Waals surface area contributed by atoms with E-state index in [0.717, 1.165) is 0 Å². The lowest BCUT2D eigenvalue weighted by Gasteiger charge is -2.23. The van der Waals surface area contributed by atoms with Gasteiger partial charge in [0.25, 0.3) is 0 Å². The Labute approximate surface area is 121 Å². The van der Waals surface area contributed by atoms with Crippen LogP contribution < -0.4 is 5.32 Å². The van der Waals surface area contributed by atoms with E-state index in [1.54, 1.807) is 19.1 Å². The number of aryl methyl sites for hydroxylation is 1. The van der Waals surface area contributed by atoms with Gasteiger partial charge in [0.15, 0.2) is 0 Å². The largest absolute Gasteiger partial charge is 0.481 e. The fraction of sp³-hybridized carbons (Fsp3) is 0.467. The third kappa shape index (κ3) is 2.40. The Morgan fingerprint density at radius 3 is 2.57 bits per heavy atom. The molecule has 0 saturated carbocycles. The number of ether oxygens (including phenoxy) is 1. The van der Waals surface area contributed by atoms with E-state index in [-0.39, 0.29) is 6.10 Å². The van der Waals surface area contributed by atoms with Crippen LogP contribution in [0.15, 0.2) is 18.2 Å². The van der Waals surface area contributed by atoms with Crippen LogP contribution in [0.25, 0.3) is 0 Å². The molecule has 0 radical (unpaired) electrons. The van der Waals surface area contributed by atoms with E-state index in [0.29, 0.717) is 24.1 Å². The lowest BCUT2D eigenvalue weighted by molar-refractivity contribution is -0.147. The van der Waals surface area contributed by atoms with Crippen molar-refractivity contribution in [1.82, 2.24) is 0 Å². The molecule has 2 aliphatic heterocycles. The standard InChI is InChI=1S/C15H16FNO4/c1-7-2-3-8(6-9(7)16)17-14(18)12-10-4-5-11(21-10)13(12)15(19)20/h2-3,6,10-13H,4-5H2,1H3,(H,17,18)(H,19,20). The predicted molar refractivity (Wildman–Crippen MR) is 72.3 cm³/mol. The van der Waals surface area contributed by atoms with E-state index in [2.05, 4.69) is 5.32 Å². The zero-order valence-corrected chi connectivity index (χ0v) is 11.5. The summed E-state index contributed by atoms with van der Waals surface area (Å²) in [7, 11) is 0. The average molecular weight is 293 g/mol. The van der Waals surface area contributed by atoms with Crippen LogP contribution in [0.3, 0.4) is 0 Å². The van der Waals surface area contributed by atoms with Gasteiger partial charge in [0.1, 0.15) is 5.82 Å². The molecule has 4 unspecified atom stereocenters. The first-order chi connectivity index (χ1) is 9.97. The molecule has 2 aliphatic rings. The molecular weight excluding hydrogens is 277 g/mol. The minimum absolute atomic E-state index is 0.329. The van der Waals surface area contributed by atoms with Crippen LogP contribution in [-0.2, 0) is 14.3 Å². The summed E-state index contributed by atoms with van der Waals surface area (Å²) in [5, 5.41) is 11.9. The van der Waals surface area contributed by atoms with Crippen LogP contribution >= 0.6 is 0 Å². The first-order valence-corrected chi connectivity index (χ1v) is 6.92. The van der Waals surface area contributed by atoms with Gasteiger partial charge in [-0.2, -0.15) is 0 Å². The monoisotopic (exact) mass is 293 g/mol. The number of carboxylic acids is 1. The van der Waals surface area contributed by atoms with Gasteiger partial charge in [-0.15, -0.1) is 0 Å². The van der Waals surface area contributed by atoms with Crippen LogP contribution in [0.4, 0.5) is 10.1 Å². The number of rotatable bonds is 3. The Morgan fingerprint density at radius 2 is 1.95 bits per heavy atom. The van der Waals surface area contributed by atoms with Crippen LogP contribution in [0.5, 0.6) is 0 Å². The summed E-state index contributed by atoms with van der Waals surface area (Å²) in [6.07, 6.45) is 0.615. The molecule has 2 N–H and O–H groups in total. The fourth-order valence-electron chi connectivity index (χ4n) is 3.22. The van der Waals surface area contributed by atoms with Crippen molar-refractivity contribution in [3.63, 3.8) is 0 Å². The SMILES string of the molecule is Cc1ccc(NC(=O)C2C3CCC(O3)C2C(=O)O)cc1F. The van der Waals surface area contributed by atoms with Crippen molar-refractivity contribution in [1.29, 1.82) is 0 Å². The third-order valence-corrected chi connectivity index (χ3v) is 4.30. The Morgan fingerprint density at radius 1 is 1.29 bits per heavy atom. The highest BCUT2D eigenvalue weighted by molar-refractivity contribution is 5.96. The molecule has 2 bridgehead atoms. The number of amides is 1. The average Bonchev–Trinajstić information content (AvgIpc) is 3.03. The molecular formula is C15H16FNO4. The molecule has 0 aliphatic carbocycles. The van der Waals surface area contributed by atoms with E-state index < -0.39 is 35.6 Å². The molecule has 112 valence electrons. The topological polar surface area (TPSA) is 75.6 Å². The van der Waals surface area contributed by atoms with Crippen molar-refractivity contribution >= 4 is 17.6 Å². The highest BCUT2D eigenvalue weighted by atomic mass is 19.1. The highest BCUT2D eigenvalue weighted by Crippen LogP contribution is 2.44. The molecule has 3 rings (SSSR count). The highest BCUT2D eigenvalue weighted by Gasteiger charge is 2.55. The van der Waals surface area contributed by atoms with E-state index in [1.807, 2.05) is 0 Å². The van der Waals surface area contributed by atoms with Gasteiger partial charge in [-0.05, 0) is 37.5 Å². The molecule has 1 aromatic carbocycles. The molecule has 1 aromatic rings. The lowest BCUT2D eigenvalue weighted by Crippen LogP contribution is -2.40. The van der Waals surface area contributed by atoms with E-state index >= 15 is 0 Å². The van der Waals surface area contributed by atoms with Crippen molar-refractivity contribution in [3.05, 3.63) is 29.6 Å². The summed E-state index contributed by atoms with van der Waals surface area (Å²) in [4.78, 5) is 23.7. The molecule has 2 heterocycles. The van der Waals surface area contributed by atoms with E-state index in [9.17, 15) is 19.1 Å². The third-order valence-electron chi connectivity index (χ3n) is 4.30. The number of anilines is 1. The van der Waals surface area contributed by atoms with E-state index in [1.165, 1.54) is 6.07 Å². The molecule has 0 spiro atoms. The summed E-state index contributed by atoms with van der Waals surface area (Å²) in [5.41, 5.74) is 0.815. The number of fused-ring (bicyclic) bond motifs is 2. The minimum atomic E-state index is -1.02. The maximum Gasteiger partial charge on any atom is 0.310 e. The number of halogens is 1. The number of carboxylic acid groups (broad SMARTS) is 1.